The van der Waals surface area contributed by atoms with Gasteiger partial charge in [-0.25, -0.2) is 0 Å². The maximum absolute atomic E-state index is 13.2. The molecule has 1 unspecified atom stereocenters. The van der Waals surface area contributed by atoms with Gasteiger partial charge in [-0.2, -0.15) is 0 Å². The number of carbonyl (C=O) groups excluding carboxylic acids is 1. The zero-order chi connectivity index (χ0) is 18.3. The van der Waals surface area contributed by atoms with E-state index >= 15 is 0 Å². The van der Waals surface area contributed by atoms with Crippen molar-refractivity contribution in [2.45, 2.75) is 30.9 Å². The molecule has 1 fully saturated rings. The monoisotopic (exact) mass is 390 g/mol. The van der Waals surface area contributed by atoms with Crippen LogP contribution in [0.1, 0.15) is 24.0 Å². The number of carbonyl (C=O) groups is 1. The van der Waals surface area contributed by atoms with Crippen LogP contribution in [0.4, 0.5) is 5.69 Å². The fraction of sp³-hybridized carbons (Fsp3) is 0.350. The van der Waals surface area contributed by atoms with E-state index in [-0.39, 0.29) is 12.0 Å². The molecule has 0 saturated carbocycles. The first-order valence-corrected chi connectivity index (χ1v) is 9.54. The molecule has 0 bridgehead atoms. The maximum Gasteiger partial charge on any atom is 0.249 e. The number of hydrogen-bond donors (Lipinski definition) is 2. The molecule has 0 radical (unpaired) electrons. The van der Waals surface area contributed by atoms with E-state index in [1.165, 1.54) is 0 Å². The van der Waals surface area contributed by atoms with Crippen LogP contribution < -0.4 is 5.32 Å². The lowest BCUT2D eigenvalue weighted by Crippen LogP contribution is -2.55. The van der Waals surface area contributed by atoms with Crippen molar-refractivity contribution in [2.24, 2.45) is 0 Å². The van der Waals surface area contributed by atoms with Crippen LogP contribution in [0, 0.1) is 0 Å². The Morgan fingerprint density at radius 1 is 1.12 bits per heavy atom. The first-order valence-electron chi connectivity index (χ1n) is 8.78. The standard InChI is InChI=1S/C20H20Cl2N2O2/c21-14-3-1-2-13(10-14)12-20(24-8-6-16(25)7-9-24)17-5-4-15(22)11-18(17)23-19(20)26/h1-5,10-11,16,25H,6-9,12H2,(H,23,26). The number of amides is 1. The van der Waals surface area contributed by atoms with Gasteiger partial charge < -0.3 is 10.4 Å². The highest BCUT2D eigenvalue weighted by atomic mass is 35.5. The largest absolute Gasteiger partial charge is 0.393 e. The van der Waals surface area contributed by atoms with Gasteiger partial charge in [-0.15, -0.1) is 0 Å². The van der Waals surface area contributed by atoms with E-state index < -0.39 is 5.54 Å². The predicted octanol–water partition coefficient (Wildman–Crippen LogP) is 3.84. The maximum atomic E-state index is 13.2. The quantitative estimate of drug-likeness (QED) is 0.836. The average molecular weight is 391 g/mol. The Balaban J connectivity index is 1.81. The fourth-order valence-corrected chi connectivity index (χ4v) is 4.50. The third kappa shape index (κ3) is 3.01. The van der Waals surface area contributed by atoms with Crippen molar-refractivity contribution in [3.63, 3.8) is 0 Å². The van der Waals surface area contributed by atoms with Crippen molar-refractivity contribution in [2.75, 3.05) is 18.4 Å². The molecule has 0 spiro atoms. The summed E-state index contributed by atoms with van der Waals surface area (Å²) in [5.41, 5.74) is 1.88. The van der Waals surface area contributed by atoms with E-state index in [2.05, 4.69) is 10.2 Å². The van der Waals surface area contributed by atoms with E-state index in [1.807, 2.05) is 36.4 Å². The zero-order valence-corrected chi connectivity index (χ0v) is 15.7. The van der Waals surface area contributed by atoms with Crippen LogP contribution >= 0.6 is 23.2 Å². The topological polar surface area (TPSA) is 52.6 Å². The Labute approximate surface area is 162 Å². The molecule has 136 valence electrons. The molecule has 1 saturated heterocycles. The smallest absolute Gasteiger partial charge is 0.249 e. The molecular formula is C20H20Cl2N2O2. The molecule has 2 aliphatic rings. The summed E-state index contributed by atoms with van der Waals surface area (Å²) in [4.78, 5) is 15.4. The summed E-state index contributed by atoms with van der Waals surface area (Å²) in [5.74, 6) is -0.0499. The van der Waals surface area contributed by atoms with Crippen molar-refractivity contribution >= 4 is 34.8 Å². The Morgan fingerprint density at radius 3 is 2.58 bits per heavy atom. The molecule has 0 aliphatic carbocycles. The Bertz CT molecular complexity index is 849. The third-order valence-electron chi connectivity index (χ3n) is 5.40. The van der Waals surface area contributed by atoms with Crippen molar-refractivity contribution < 1.29 is 9.90 Å². The van der Waals surface area contributed by atoms with Crippen LogP contribution in [-0.4, -0.2) is 35.1 Å². The number of nitrogens with zero attached hydrogens (tertiary/aromatic N) is 1. The summed E-state index contributed by atoms with van der Waals surface area (Å²) in [7, 11) is 0. The van der Waals surface area contributed by atoms with Gasteiger partial charge in [0.05, 0.1) is 6.10 Å². The van der Waals surface area contributed by atoms with Gasteiger partial charge in [0.2, 0.25) is 5.91 Å². The molecule has 4 rings (SSSR count). The molecule has 2 aromatic rings. The van der Waals surface area contributed by atoms with Gasteiger partial charge in [-0.05, 0) is 42.7 Å². The molecule has 0 aromatic heterocycles. The minimum Gasteiger partial charge on any atom is -0.393 e. The zero-order valence-electron chi connectivity index (χ0n) is 14.2. The molecule has 2 aromatic carbocycles. The number of aliphatic hydroxyl groups excluding tert-OH is 1. The van der Waals surface area contributed by atoms with Gasteiger partial charge in [0.1, 0.15) is 5.54 Å². The molecule has 1 amide bonds. The summed E-state index contributed by atoms with van der Waals surface area (Å²) < 4.78 is 0. The summed E-state index contributed by atoms with van der Waals surface area (Å²) in [6.07, 6.45) is 1.54. The van der Waals surface area contributed by atoms with Crippen molar-refractivity contribution in [3.8, 4) is 0 Å². The molecule has 2 heterocycles. The third-order valence-corrected chi connectivity index (χ3v) is 5.87. The summed E-state index contributed by atoms with van der Waals surface area (Å²) in [6, 6.07) is 13.2. The number of likely N-dealkylation sites (tertiary alicyclic amines) is 1. The van der Waals surface area contributed by atoms with Crippen LogP contribution in [-0.2, 0) is 16.8 Å². The second kappa shape index (κ2) is 6.86. The Hall–Kier alpha value is -1.59. The van der Waals surface area contributed by atoms with Crippen LogP contribution in [0.5, 0.6) is 0 Å². The Kier molecular flexibility index (Phi) is 4.70. The summed E-state index contributed by atoms with van der Waals surface area (Å²) in [6.45, 7) is 1.33. The summed E-state index contributed by atoms with van der Waals surface area (Å²) >= 11 is 12.3. The number of aliphatic hydroxyl groups is 1. The molecule has 26 heavy (non-hydrogen) atoms. The highest BCUT2D eigenvalue weighted by molar-refractivity contribution is 6.31. The Morgan fingerprint density at radius 2 is 1.85 bits per heavy atom. The number of rotatable bonds is 3. The van der Waals surface area contributed by atoms with Gasteiger partial charge >= 0.3 is 0 Å². The first-order chi connectivity index (χ1) is 12.5. The molecule has 6 heteroatoms. The highest BCUT2D eigenvalue weighted by Crippen LogP contribution is 2.45. The first kappa shape index (κ1) is 17.8. The fourth-order valence-electron chi connectivity index (χ4n) is 4.12. The number of benzene rings is 2. The van der Waals surface area contributed by atoms with Crippen molar-refractivity contribution in [1.29, 1.82) is 0 Å². The second-order valence-corrected chi connectivity index (χ2v) is 7.90. The minimum atomic E-state index is -0.815. The number of nitrogens with one attached hydrogen (secondary N) is 1. The predicted molar refractivity (Wildman–Crippen MR) is 104 cm³/mol. The van der Waals surface area contributed by atoms with Crippen LogP contribution in [0.15, 0.2) is 42.5 Å². The van der Waals surface area contributed by atoms with Crippen molar-refractivity contribution in [3.05, 3.63) is 63.6 Å². The number of anilines is 1. The van der Waals surface area contributed by atoms with Gasteiger partial charge in [-0.1, -0.05) is 41.4 Å². The van der Waals surface area contributed by atoms with Gasteiger partial charge in [-0.3, -0.25) is 9.69 Å². The van der Waals surface area contributed by atoms with Gasteiger partial charge in [0.25, 0.3) is 0 Å². The van der Waals surface area contributed by atoms with Crippen LogP contribution in [0.25, 0.3) is 0 Å². The highest BCUT2D eigenvalue weighted by Gasteiger charge is 2.51. The second-order valence-electron chi connectivity index (χ2n) is 7.03. The lowest BCUT2D eigenvalue weighted by Gasteiger charge is -2.43. The van der Waals surface area contributed by atoms with Gasteiger partial charge in [0.15, 0.2) is 0 Å². The normalized spacial score (nSPS) is 23.7. The van der Waals surface area contributed by atoms with E-state index in [0.29, 0.717) is 42.4 Å². The lowest BCUT2D eigenvalue weighted by atomic mass is 9.81. The number of piperidine rings is 1. The number of fused-ring (bicyclic) bond motifs is 1. The van der Waals surface area contributed by atoms with Gasteiger partial charge in [0, 0.05) is 40.8 Å². The lowest BCUT2D eigenvalue weighted by molar-refractivity contribution is -0.129. The van der Waals surface area contributed by atoms with Crippen LogP contribution in [0.3, 0.4) is 0 Å². The molecule has 2 aliphatic heterocycles. The van der Waals surface area contributed by atoms with E-state index in [0.717, 1.165) is 16.8 Å². The van der Waals surface area contributed by atoms with Crippen LogP contribution in [0.2, 0.25) is 10.0 Å². The average Bonchev–Trinajstić information content (AvgIpc) is 2.87. The van der Waals surface area contributed by atoms with E-state index in [1.54, 1.807) is 6.07 Å². The molecule has 2 N–H and O–H groups in total. The summed E-state index contributed by atoms with van der Waals surface area (Å²) in [5, 5.41) is 14.2. The van der Waals surface area contributed by atoms with E-state index in [9.17, 15) is 9.90 Å². The SMILES string of the molecule is O=C1Nc2cc(Cl)ccc2C1(Cc1cccc(Cl)c1)N1CCC(O)CC1. The molecule has 4 nitrogen and oxygen atoms in total. The minimum absolute atomic E-state index is 0.0499. The number of hydrogen-bond acceptors (Lipinski definition) is 3. The molecular weight excluding hydrogens is 371 g/mol. The van der Waals surface area contributed by atoms with Crippen molar-refractivity contribution in [1.82, 2.24) is 4.90 Å². The number of halogens is 2. The van der Waals surface area contributed by atoms with E-state index in [4.69, 9.17) is 23.2 Å². The molecule has 1 atom stereocenters.